The number of aromatic nitrogens is 2. The molecule has 0 spiro atoms. The van der Waals surface area contributed by atoms with Crippen LogP contribution in [-0.4, -0.2) is 21.2 Å². The average Bonchev–Trinajstić information content (AvgIpc) is 2.59. The summed E-state index contributed by atoms with van der Waals surface area (Å²) in [5, 5.41) is 2.90. The summed E-state index contributed by atoms with van der Waals surface area (Å²) in [6.45, 7) is 0. The highest BCUT2D eigenvalue weighted by Gasteiger charge is 2.04. The maximum absolute atomic E-state index is 11.0. The van der Waals surface area contributed by atoms with Crippen LogP contribution in [-0.2, 0) is 4.79 Å². The van der Waals surface area contributed by atoms with Crippen LogP contribution in [0, 0.1) is 0 Å². The summed E-state index contributed by atoms with van der Waals surface area (Å²) in [7, 11) is 0. The zero-order chi connectivity index (χ0) is 9.97. The van der Waals surface area contributed by atoms with Crippen molar-refractivity contribution in [2.24, 2.45) is 0 Å². The molecular weight excluding hydrogens is 246 g/mol. The summed E-state index contributed by atoms with van der Waals surface area (Å²) in [6, 6.07) is 7.61. The second kappa shape index (κ2) is 3.79. The molecule has 0 aliphatic rings. The van der Waals surface area contributed by atoms with Gasteiger partial charge in [-0.15, -0.1) is 0 Å². The molecule has 0 atom stereocenters. The van der Waals surface area contributed by atoms with Crippen LogP contribution in [0.15, 0.2) is 24.3 Å². The molecule has 1 aromatic heterocycles. The molecule has 2 rings (SSSR count). The van der Waals surface area contributed by atoms with Crippen molar-refractivity contribution in [3.05, 3.63) is 24.3 Å². The van der Waals surface area contributed by atoms with E-state index in [4.69, 9.17) is 0 Å². The number of amides is 1. The molecule has 1 amide bonds. The number of para-hydroxylation sites is 2. The summed E-state index contributed by atoms with van der Waals surface area (Å²) < 4.78 is 0. The number of nitrogens with zero attached hydrogens (tertiary/aromatic N) is 1. The highest BCUT2D eigenvalue weighted by molar-refractivity contribution is 9.09. The summed E-state index contributed by atoms with van der Waals surface area (Å²) in [5.74, 6) is 0.361. The van der Waals surface area contributed by atoms with Gasteiger partial charge in [0.25, 0.3) is 0 Å². The zero-order valence-corrected chi connectivity index (χ0v) is 8.84. The number of alkyl halides is 1. The molecule has 0 saturated heterocycles. The first-order valence-electron chi connectivity index (χ1n) is 4.10. The number of nitrogens with one attached hydrogen (secondary N) is 2. The van der Waals surface area contributed by atoms with Gasteiger partial charge in [0.15, 0.2) is 0 Å². The van der Waals surface area contributed by atoms with Gasteiger partial charge >= 0.3 is 0 Å². The topological polar surface area (TPSA) is 57.8 Å². The molecule has 0 saturated carbocycles. The Bertz CT molecular complexity index is 433. The summed E-state index contributed by atoms with van der Waals surface area (Å²) in [5.41, 5.74) is 1.76. The van der Waals surface area contributed by atoms with Gasteiger partial charge in [-0.1, -0.05) is 28.1 Å². The molecule has 0 fully saturated rings. The fourth-order valence-electron chi connectivity index (χ4n) is 1.18. The number of anilines is 1. The van der Waals surface area contributed by atoms with Gasteiger partial charge in [-0.3, -0.25) is 10.1 Å². The third kappa shape index (κ3) is 1.77. The van der Waals surface area contributed by atoms with E-state index < -0.39 is 0 Å². The van der Waals surface area contributed by atoms with Crippen molar-refractivity contribution in [1.29, 1.82) is 0 Å². The van der Waals surface area contributed by atoms with E-state index in [2.05, 4.69) is 31.2 Å². The fraction of sp³-hybridized carbons (Fsp3) is 0.111. The zero-order valence-electron chi connectivity index (χ0n) is 7.25. The number of carbonyl (C=O) groups is 1. The van der Waals surface area contributed by atoms with Gasteiger partial charge < -0.3 is 4.98 Å². The van der Waals surface area contributed by atoms with Gasteiger partial charge in [0, 0.05) is 0 Å². The predicted molar refractivity (Wildman–Crippen MR) is 58.5 cm³/mol. The van der Waals surface area contributed by atoms with E-state index in [0.29, 0.717) is 5.95 Å². The Morgan fingerprint density at radius 1 is 1.50 bits per heavy atom. The minimum atomic E-state index is -0.121. The maximum Gasteiger partial charge on any atom is 0.237 e. The maximum atomic E-state index is 11.0. The van der Waals surface area contributed by atoms with Crippen molar-refractivity contribution < 1.29 is 4.79 Å². The first-order valence-corrected chi connectivity index (χ1v) is 5.22. The van der Waals surface area contributed by atoms with E-state index in [1.54, 1.807) is 0 Å². The van der Waals surface area contributed by atoms with E-state index in [1.165, 1.54) is 0 Å². The van der Waals surface area contributed by atoms with Crippen molar-refractivity contribution in [3.63, 3.8) is 0 Å². The SMILES string of the molecule is O=C(CBr)Nc1nc2ccccc2[nH]1. The smallest absolute Gasteiger partial charge is 0.237 e. The van der Waals surface area contributed by atoms with Crippen molar-refractivity contribution in [2.75, 3.05) is 10.6 Å². The van der Waals surface area contributed by atoms with Gasteiger partial charge in [0.05, 0.1) is 16.4 Å². The lowest BCUT2D eigenvalue weighted by Gasteiger charge is -1.95. The Labute approximate surface area is 88.9 Å². The quantitative estimate of drug-likeness (QED) is 0.804. The number of rotatable bonds is 2. The number of fused-ring (bicyclic) bond motifs is 1. The van der Waals surface area contributed by atoms with E-state index in [9.17, 15) is 4.79 Å². The molecule has 0 unspecified atom stereocenters. The van der Waals surface area contributed by atoms with Gasteiger partial charge in [-0.25, -0.2) is 4.98 Å². The Hall–Kier alpha value is -1.36. The number of halogens is 1. The molecule has 0 radical (unpaired) electrons. The van der Waals surface area contributed by atoms with Gasteiger partial charge in [-0.2, -0.15) is 0 Å². The van der Waals surface area contributed by atoms with E-state index in [1.807, 2.05) is 24.3 Å². The second-order valence-electron chi connectivity index (χ2n) is 2.78. The fourth-order valence-corrected chi connectivity index (χ4v) is 1.32. The molecule has 0 bridgehead atoms. The van der Waals surface area contributed by atoms with E-state index in [0.717, 1.165) is 11.0 Å². The predicted octanol–water partition coefficient (Wildman–Crippen LogP) is 1.90. The Balaban J connectivity index is 2.31. The second-order valence-corrected chi connectivity index (χ2v) is 3.35. The molecule has 4 nitrogen and oxygen atoms in total. The van der Waals surface area contributed by atoms with Crippen LogP contribution in [0.3, 0.4) is 0 Å². The van der Waals surface area contributed by atoms with Crippen LogP contribution in [0.1, 0.15) is 0 Å². The highest BCUT2D eigenvalue weighted by atomic mass is 79.9. The normalized spacial score (nSPS) is 10.4. The molecule has 2 aromatic rings. The molecule has 1 heterocycles. The van der Waals surface area contributed by atoms with Crippen LogP contribution in [0.2, 0.25) is 0 Å². The van der Waals surface area contributed by atoms with Crippen LogP contribution in [0.5, 0.6) is 0 Å². The molecule has 14 heavy (non-hydrogen) atoms. The molecule has 2 N–H and O–H groups in total. The van der Waals surface area contributed by atoms with Crippen molar-refractivity contribution in [2.45, 2.75) is 0 Å². The largest absolute Gasteiger partial charge is 0.324 e. The summed E-state index contributed by atoms with van der Waals surface area (Å²) in [6.07, 6.45) is 0. The summed E-state index contributed by atoms with van der Waals surface area (Å²) >= 11 is 3.06. The van der Waals surface area contributed by atoms with Crippen molar-refractivity contribution >= 4 is 38.8 Å². The van der Waals surface area contributed by atoms with Gasteiger partial charge in [0.1, 0.15) is 0 Å². The molecule has 5 heteroatoms. The third-order valence-electron chi connectivity index (χ3n) is 1.77. The Morgan fingerprint density at radius 2 is 2.29 bits per heavy atom. The average molecular weight is 254 g/mol. The van der Waals surface area contributed by atoms with Crippen LogP contribution >= 0.6 is 15.9 Å². The number of aromatic amines is 1. The number of benzene rings is 1. The van der Waals surface area contributed by atoms with Gasteiger partial charge in [0.2, 0.25) is 11.9 Å². The monoisotopic (exact) mass is 253 g/mol. The number of carbonyl (C=O) groups excluding carboxylic acids is 1. The van der Waals surface area contributed by atoms with Crippen molar-refractivity contribution in [1.82, 2.24) is 9.97 Å². The third-order valence-corrected chi connectivity index (χ3v) is 2.28. The number of hydrogen-bond acceptors (Lipinski definition) is 2. The Kier molecular flexibility index (Phi) is 2.49. The van der Waals surface area contributed by atoms with E-state index in [-0.39, 0.29) is 11.2 Å². The van der Waals surface area contributed by atoms with Crippen molar-refractivity contribution in [3.8, 4) is 0 Å². The lowest BCUT2D eigenvalue weighted by molar-refractivity contribution is -0.113. The lowest BCUT2D eigenvalue weighted by atomic mass is 10.3. The Morgan fingerprint density at radius 3 is 3.00 bits per heavy atom. The number of imidazole rings is 1. The number of hydrogen-bond donors (Lipinski definition) is 2. The summed E-state index contributed by atoms with van der Waals surface area (Å²) in [4.78, 5) is 18.2. The highest BCUT2D eigenvalue weighted by Crippen LogP contribution is 2.12. The van der Waals surface area contributed by atoms with Crippen LogP contribution in [0.25, 0.3) is 11.0 Å². The lowest BCUT2D eigenvalue weighted by Crippen LogP contribution is -2.13. The molecule has 72 valence electrons. The van der Waals surface area contributed by atoms with E-state index >= 15 is 0 Å². The molecule has 1 aromatic carbocycles. The first-order chi connectivity index (χ1) is 6.79. The number of H-pyrrole nitrogens is 1. The standard InChI is InChI=1S/C9H8BrN3O/c10-5-8(14)13-9-11-6-3-1-2-4-7(6)12-9/h1-4H,5H2,(H2,11,12,13,14). The van der Waals surface area contributed by atoms with Crippen LogP contribution < -0.4 is 5.32 Å². The van der Waals surface area contributed by atoms with Gasteiger partial charge in [-0.05, 0) is 12.1 Å². The first kappa shape index (κ1) is 9.21. The molecule has 0 aliphatic carbocycles. The molecule has 0 aliphatic heterocycles. The minimum absolute atomic E-state index is 0.121. The van der Waals surface area contributed by atoms with Crippen LogP contribution in [0.4, 0.5) is 5.95 Å². The molecular formula is C9H8BrN3O. The minimum Gasteiger partial charge on any atom is -0.324 e.